The fourth-order valence-corrected chi connectivity index (χ4v) is 3.70. The molecule has 2 heterocycles. The van der Waals surface area contributed by atoms with E-state index in [0.29, 0.717) is 5.52 Å². The lowest BCUT2D eigenvalue weighted by Gasteiger charge is -2.10. The normalized spacial score (nSPS) is 12.7. The van der Waals surface area contributed by atoms with Crippen LogP contribution in [-0.4, -0.2) is 33.8 Å². The topological polar surface area (TPSA) is 85.1 Å². The fraction of sp³-hybridized carbons (Fsp3) is 0.250. The molecule has 0 saturated heterocycles. The standard InChI is InChI=1S/C16H14F3N3O3S/c1-3-26(24,25)13-6-9(23)4-5-10(13)15-21-11-7-14(16(17,18)19)20-8-12(11)22(15)2/h4-8,23H,3H2,1-2H3. The average Bonchev–Trinajstić information content (AvgIpc) is 2.90. The molecule has 6 nitrogen and oxygen atoms in total. The minimum atomic E-state index is -4.61. The lowest BCUT2D eigenvalue weighted by molar-refractivity contribution is -0.141. The summed E-state index contributed by atoms with van der Waals surface area (Å²) in [5, 5.41) is 9.65. The van der Waals surface area contributed by atoms with Crippen LogP contribution in [0.1, 0.15) is 12.6 Å². The van der Waals surface area contributed by atoms with Crippen LogP contribution in [0.3, 0.4) is 0 Å². The van der Waals surface area contributed by atoms with Crippen molar-refractivity contribution in [2.45, 2.75) is 18.0 Å². The van der Waals surface area contributed by atoms with Gasteiger partial charge in [0.15, 0.2) is 9.84 Å². The van der Waals surface area contributed by atoms with Gasteiger partial charge in [-0.15, -0.1) is 0 Å². The van der Waals surface area contributed by atoms with Crippen LogP contribution in [0.2, 0.25) is 0 Å². The van der Waals surface area contributed by atoms with Crippen molar-refractivity contribution in [2.24, 2.45) is 7.05 Å². The molecule has 0 amide bonds. The first-order valence-corrected chi connectivity index (χ1v) is 9.15. The van der Waals surface area contributed by atoms with Crippen molar-refractivity contribution < 1.29 is 26.7 Å². The zero-order chi connectivity index (χ0) is 19.3. The lowest BCUT2D eigenvalue weighted by atomic mass is 10.2. The van der Waals surface area contributed by atoms with E-state index in [4.69, 9.17) is 0 Å². The van der Waals surface area contributed by atoms with Gasteiger partial charge in [0.2, 0.25) is 0 Å². The van der Waals surface area contributed by atoms with E-state index in [2.05, 4.69) is 9.97 Å². The quantitative estimate of drug-likeness (QED) is 0.749. The van der Waals surface area contributed by atoms with Gasteiger partial charge in [0.1, 0.15) is 17.3 Å². The van der Waals surface area contributed by atoms with E-state index in [1.165, 1.54) is 23.6 Å². The second-order valence-electron chi connectivity index (χ2n) is 5.63. The highest BCUT2D eigenvalue weighted by atomic mass is 32.2. The second kappa shape index (κ2) is 5.97. The number of aryl methyl sites for hydroxylation is 1. The number of aromatic hydroxyl groups is 1. The zero-order valence-corrected chi connectivity index (χ0v) is 14.6. The molecule has 138 valence electrons. The molecule has 0 bridgehead atoms. The third-order valence-electron chi connectivity index (χ3n) is 3.98. The van der Waals surface area contributed by atoms with Crippen LogP contribution in [0.15, 0.2) is 35.4 Å². The summed E-state index contributed by atoms with van der Waals surface area (Å²) in [6.45, 7) is 1.46. The van der Waals surface area contributed by atoms with Crippen LogP contribution in [0.25, 0.3) is 22.4 Å². The number of hydrogen-bond donors (Lipinski definition) is 1. The Hall–Kier alpha value is -2.62. The molecule has 0 aliphatic heterocycles. The number of nitrogens with zero attached hydrogens (tertiary/aromatic N) is 3. The Labute approximate surface area is 146 Å². The summed E-state index contributed by atoms with van der Waals surface area (Å²) >= 11 is 0. The van der Waals surface area contributed by atoms with Gasteiger partial charge in [-0.2, -0.15) is 13.2 Å². The van der Waals surface area contributed by atoms with E-state index >= 15 is 0 Å². The van der Waals surface area contributed by atoms with Gasteiger partial charge in [0.05, 0.1) is 27.9 Å². The van der Waals surface area contributed by atoms with Crippen LogP contribution in [0.4, 0.5) is 13.2 Å². The van der Waals surface area contributed by atoms with Crippen molar-refractivity contribution >= 4 is 20.9 Å². The molecule has 0 aliphatic rings. The molecule has 0 radical (unpaired) electrons. The van der Waals surface area contributed by atoms with Crippen molar-refractivity contribution in [1.29, 1.82) is 0 Å². The van der Waals surface area contributed by atoms with Crippen molar-refractivity contribution in [3.05, 3.63) is 36.2 Å². The molecular formula is C16H14F3N3O3S. The molecule has 2 aromatic heterocycles. The number of pyridine rings is 1. The molecule has 0 aliphatic carbocycles. The molecular weight excluding hydrogens is 371 g/mol. The summed E-state index contributed by atoms with van der Waals surface area (Å²) in [5.41, 5.74) is -0.530. The molecule has 1 N–H and O–H groups in total. The Kier molecular flexibility index (Phi) is 4.18. The monoisotopic (exact) mass is 385 g/mol. The summed E-state index contributed by atoms with van der Waals surface area (Å²) in [6, 6.07) is 4.58. The maximum Gasteiger partial charge on any atom is 0.433 e. The molecule has 0 unspecified atom stereocenters. The molecule has 0 saturated carbocycles. The first-order valence-electron chi connectivity index (χ1n) is 7.50. The van der Waals surface area contributed by atoms with Crippen LogP contribution >= 0.6 is 0 Å². The van der Waals surface area contributed by atoms with Crippen molar-refractivity contribution in [2.75, 3.05) is 5.75 Å². The number of benzene rings is 1. The molecule has 3 rings (SSSR count). The molecule has 26 heavy (non-hydrogen) atoms. The average molecular weight is 385 g/mol. The lowest BCUT2D eigenvalue weighted by Crippen LogP contribution is -2.07. The molecule has 0 fully saturated rings. The van der Waals surface area contributed by atoms with E-state index in [1.54, 1.807) is 7.05 Å². The summed E-state index contributed by atoms with van der Waals surface area (Å²) < 4.78 is 64.7. The zero-order valence-electron chi connectivity index (χ0n) is 13.7. The van der Waals surface area contributed by atoms with Crippen molar-refractivity contribution in [3.8, 4) is 17.1 Å². The Morgan fingerprint density at radius 1 is 1.23 bits per heavy atom. The van der Waals surface area contributed by atoms with Gasteiger partial charge in [-0.25, -0.2) is 18.4 Å². The number of hydrogen-bond acceptors (Lipinski definition) is 5. The Morgan fingerprint density at radius 2 is 1.92 bits per heavy atom. The van der Waals surface area contributed by atoms with E-state index in [-0.39, 0.29) is 33.3 Å². The number of alkyl halides is 3. The number of sulfone groups is 1. The Morgan fingerprint density at radius 3 is 2.54 bits per heavy atom. The van der Waals surface area contributed by atoms with E-state index in [1.807, 2.05) is 0 Å². The highest BCUT2D eigenvalue weighted by Crippen LogP contribution is 2.34. The first kappa shape index (κ1) is 18.2. The van der Waals surface area contributed by atoms with E-state index < -0.39 is 21.7 Å². The number of phenols is 1. The summed E-state index contributed by atoms with van der Waals surface area (Å²) in [6.07, 6.45) is -3.57. The maximum absolute atomic E-state index is 12.9. The van der Waals surface area contributed by atoms with Crippen LogP contribution in [-0.2, 0) is 23.1 Å². The summed E-state index contributed by atoms with van der Waals surface area (Å²) in [5.74, 6) is -0.276. The SMILES string of the molecule is CCS(=O)(=O)c1cc(O)ccc1-c1nc2cc(C(F)(F)F)ncc2n1C. The highest BCUT2D eigenvalue weighted by molar-refractivity contribution is 7.91. The second-order valence-corrected chi connectivity index (χ2v) is 7.88. The number of imidazole rings is 1. The largest absolute Gasteiger partial charge is 0.508 e. The highest BCUT2D eigenvalue weighted by Gasteiger charge is 2.33. The molecule has 0 atom stereocenters. The number of fused-ring (bicyclic) bond motifs is 1. The number of rotatable bonds is 3. The van der Waals surface area contributed by atoms with Crippen LogP contribution < -0.4 is 0 Å². The Balaban J connectivity index is 2.29. The predicted octanol–water partition coefficient (Wildman–Crippen LogP) is 3.15. The van der Waals surface area contributed by atoms with Gasteiger partial charge >= 0.3 is 6.18 Å². The minimum absolute atomic E-state index is 0.0396. The van der Waals surface area contributed by atoms with Crippen molar-refractivity contribution in [1.82, 2.24) is 14.5 Å². The van der Waals surface area contributed by atoms with Gasteiger partial charge in [0.25, 0.3) is 0 Å². The number of aromatic nitrogens is 3. The first-order chi connectivity index (χ1) is 12.0. The van der Waals surface area contributed by atoms with Crippen molar-refractivity contribution in [3.63, 3.8) is 0 Å². The summed E-state index contributed by atoms with van der Waals surface area (Å²) in [4.78, 5) is 7.44. The number of halogens is 3. The smallest absolute Gasteiger partial charge is 0.433 e. The Bertz CT molecular complexity index is 1110. The molecule has 1 aromatic carbocycles. The summed E-state index contributed by atoms with van der Waals surface area (Å²) in [7, 11) is -2.14. The van der Waals surface area contributed by atoms with Crippen LogP contribution in [0.5, 0.6) is 5.75 Å². The van der Waals surface area contributed by atoms with Crippen LogP contribution in [0, 0.1) is 0 Å². The van der Waals surface area contributed by atoms with Gasteiger partial charge in [-0.1, -0.05) is 6.92 Å². The van der Waals surface area contributed by atoms with Gasteiger partial charge in [0, 0.05) is 12.6 Å². The fourth-order valence-electron chi connectivity index (χ4n) is 2.59. The third-order valence-corrected chi connectivity index (χ3v) is 5.75. The minimum Gasteiger partial charge on any atom is -0.508 e. The molecule has 10 heteroatoms. The van der Waals surface area contributed by atoms with E-state index in [0.717, 1.165) is 18.3 Å². The molecule has 0 spiro atoms. The van der Waals surface area contributed by atoms with Gasteiger partial charge < -0.3 is 9.67 Å². The predicted molar refractivity (Wildman–Crippen MR) is 88.3 cm³/mol. The van der Waals surface area contributed by atoms with Gasteiger partial charge in [-0.05, 0) is 24.3 Å². The third kappa shape index (κ3) is 3.00. The van der Waals surface area contributed by atoms with Gasteiger partial charge in [-0.3, -0.25) is 0 Å². The maximum atomic E-state index is 12.9. The molecule has 3 aromatic rings. The number of phenolic OH excluding ortho intramolecular Hbond substituents is 1. The van der Waals surface area contributed by atoms with E-state index in [9.17, 15) is 26.7 Å².